The normalized spacial score (nSPS) is 10.8. The molecule has 3 aromatic carbocycles. The molecule has 0 amide bonds. The first-order valence-corrected chi connectivity index (χ1v) is 7.99. The van der Waals surface area contributed by atoms with Gasteiger partial charge in [-0.15, -0.1) is 0 Å². The van der Waals surface area contributed by atoms with Gasteiger partial charge in [-0.3, -0.25) is 10.1 Å². The molecule has 2 N–H and O–H groups in total. The van der Waals surface area contributed by atoms with Gasteiger partial charge in [0.15, 0.2) is 5.82 Å². The summed E-state index contributed by atoms with van der Waals surface area (Å²) in [4.78, 5) is 19.8. The maximum absolute atomic E-state index is 10.9. The number of benzene rings is 3. The molecule has 126 valence electrons. The fourth-order valence-electron chi connectivity index (χ4n) is 2.82. The van der Waals surface area contributed by atoms with Crippen molar-refractivity contribution in [3.05, 3.63) is 82.9 Å². The molecule has 4 rings (SSSR count). The zero-order chi connectivity index (χ0) is 18.1. The fraction of sp³-hybridized carbons (Fsp3) is 0. The van der Waals surface area contributed by atoms with Crippen LogP contribution in [0.3, 0.4) is 0 Å². The lowest BCUT2D eigenvalue weighted by molar-refractivity contribution is -0.384. The molecule has 0 radical (unpaired) electrons. The number of nitrogen functional groups attached to an aromatic ring is 1. The molecule has 0 unspecified atom stereocenters. The van der Waals surface area contributed by atoms with Crippen LogP contribution in [-0.2, 0) is 0 Å². The Morgan fingerprint density at radius 2 is 1.58 bits per heavy atom. The Morgan fingerprint density at radius 3 is 2.27 bits per heavy atom. The highest BCUT2D eigenvalue weighted by atomic mass is 16.6. The Balaban J connectivity index is 1.94. The molecule has 6 nitrogen and oxygen atoms in total. The third-order valence-corrected chi connectivity index (χ3v) is 4.10. The van der Waals surface area contributed by atoms with Gasteiger partial charge < -0.3 is 5.73 Å². The highest BCUT2D eigenvalue weighted by molar-refractivity contribution is 5.95. The van der Waals surface area contributed by atoms with Crippen molar-refractivity contribution in [2.45, 2.75) is 0 Å². The van der Waals surface area contributed by atoms with E-state index in [0.717, 1.165) is 22.2 Å². The number of nitro groups is 1. The minimum Gasteiger partial charge on any atom is -0.399 e. The van der Waals surface area contributed by atoms with Crippen molar-refractivity contribution >= 4 is 22.3 Å². The second-order valence-corrected chi connectivity index (χ2v) is 5.84. The third kappa shape index (κ3) is 2.84. The predicted octanol–water partition coefficient (Wildman–Crippen LogP) is 4.45. The Morgan fingerprint density at radius 1 is 0.846 bits per heavy atom. The Bertz CT molecular complexity index is 1110. The minimum atomic E-state index is -0.427. The Hall–Kier alpha value is -3.80. The summed E-state index contributed by atoms with van der Waals surface area (Å²) in [6.07, 6.45) is 0. The molecular formula is C20H14N4O2. The topological polar surface area (TPSA) is 94.9 Å². The zero-order valence-corrected chi connectivity index (χ0v) is 13.7. The smallest absolute Gasteiger partial charge is 0.269 e. The Kier molecular flexibility index (Phi) is 3.78. The molecule has 1 heterocycles. The predicted molar refractivity (Wildman–Crippen MR) is 101 cm³/mol. The van der Waals surface area contributed by atoms with E-state index in [0.29, 0.717) is 17.1 Å². The summed E-state index contributed by atoms with van der Waals surface area (Å²) >= 11 is 0. The fourth-order valence-corrected chi connectivity index (χ4v) is 2.82. The lowest BCUT2D eigenvalue weighted by Gasteiger charge is -2.10. The van der Waals surface area contributed by atoms with Crippen LogP contribution in [0.5, 0.6) is 0 Å². The molecule has 26 heavy (non-hydrogen) atoms. The monoisotopic (exact) mass is 342 g/mol. The number of nitrogens with two attached hydrogens (primary N) is 1. The second-order valence-electron chi connectivity index (χ2n) is 5.84. The standard InChI is InChI=1S/C20H14N4O2/c21-15-8-11-18-17(12-15)19(13-4-2-1-3-5-13)23-20(22-18)14-6-9-16(10-7-14)24(25)26/h1-12H,21H2. The molecule has 0 atom stereocenters. The van der Waals surface area contributed by atoms with Gasteiger partial charge in [-0.1, -0.05) is 30.3 Å². The molecule has 0 saturated heterocycles. The van der Waals surface area contributed by atoms with Crippen LogP contribution in [0, 0.1) is 10.1 Å². The Labute approximate surface area is 149 Å². The maximum atomic E-state index is 10.9. The van der Waals surface area contributed by atoms with E-state index in [4.69, 9.17) is 10.7 Å². The van der Waals surface area contributed by atoms with Crippen LogP contribution in [0.1, 0.15) is 0 Å². The van der Waals surface area contributed by atoms with Crippen LogP contribution in [0.4, 0.5) is 11.4 Å². The number of anilines is 1. The first kappa shape index (κ1) is 15.7. The van der Waals surface area contributed by atoms with E-state index in [9.17, 15) is 10.1 Å². The average Bonchev–Trinajstić information content (AvgIpc) is 2.68. The van der Waals surface area contributed by atoms with Gasteiger partial charge in [-0.2, -0.15) is 0 Å². The van der Waals surface area contributed by atoms with Crippen LogP contribution in [-0.4, -0.2) is 14.9 Å². The minimum absolute atomic E-state index is 0.0330. The van der Waals surface area contributed by atoms with Crippen molar-refractivity contribution in [1.82, 2.24) is 9.97 Å². The van der Waals surface area contributed by atoms with E-state index in [2.05, 4.69) is 4.98 Å². The molecule has 0 saturated carbocycles. The van der Waals surface area contributed by atoms with E-state index in [1.807, 2.05) is 42.5 Å². The molecule has 0 spiro atoms. The van der Waals surface area contributed by atoms with Crippen molar-refractivity contribution in [2.75, 3.05) is 5.73 Å². The first-order chi connectivity index (χ1) is 12.6. The van der Waals surface area contributed by atoms with E-state index in [1.165, 1.54) is 12.1 Å². The number of hydrogen-bond acceptors (Lipinski definition) is 5. The van der Waals surface area contributed by atoms with Crippen LogP contribution in [0.15, 0.2) is 72.8 Å². The van der Waals surface area contributed by atoms with Gasteiger partial charge in [0.1, 0.15) is 0 Å². The summed E-state index contributed by atoms with van der Waals surface area (Å²) in [5, 5.41) is 11.7. The lowest BCUT2D eigenvalue weighted by atomic mass is 10.1. The SMILES string of the molecule is Nc1ccc2nc(-c3ccc([N+](=O)[O-])cc3)nc(-c3ccccc3)c2c1. The average molecular weight is 342 g/mol. The molecule has 0 aliphatic heterocycles. The van der Waals surface area contributed by atoms with Gasteiger partial charge >= 0.3 is 0 Å². The molecule has 0 aliphatic rings. The maximum Gasteiger partial charge on any atom is 0.269 e. The molecule has 0 bridgehead atoms. The number of nitrogens with zero attached hydrogens (tertiary/aromatic N) is 3. The number of rotatable bonds is 3. The second kappa shape index (κ2) is 6.25. The summed E-state index contributed by atoms with van der Waals surface area (Å²) in [5.74, 6) is 0.510. The van der Waals surface area contributed by atoms with Gasteiger partial charge in [0, 0.05) is 34.3 Å². The van der Waals surface area contributed by atoms with Gasteiger partial charge in [0.25, 0.3) is 5.69 Å². The molecule has 0 aliphatic carbocycles. The molecule has 1 aromatic heterocycles. The molecule has 4 aromatic rings. The van der Waals surface area contributed by atoms with Crippen molar-refractivity contribution in [1.29, 1.82) is 0 Å². The highest BCUT2D eigenvalue weighted by Gasteiger charge is 2.13. The van der Waals surface area contributed by atoms with Crippen molar-refractivity contribution in [3.8, 4) is 22.6 Å². The van der Waals surface area contributed by atoms with E-state index >= 15 is 0 Å². The number of fused-ring (bicyclic) bond motifs is 1. The van der Waals surface area contributed by atoms with Gasteiger partial charge in [0.05, 0.1) is 16.1 Å². The lowest BCUT2D eigenvalue weighted by Crippen LogP contribution is -1.96. The van der Waals surface area contributed by atoms with Crippen LogP contribution in [0.2, 0.25) is 0 Å². The van der Waals surface area contributed by atoms with Crippen molar-refractivity contribution in [2.24, 2.45) is 0 Å². The number of aromatic nitrogens is 2. The van der Waals surface area contributed by atoms with Gasteiger partial charge in [-0.25, -0.2) is 9.97 Å². The summed E-state index contributed by atoms with van der Waals surface area (Å²) < 4.78 is 0. The van der Waals surface area contributed by atoms with E-state index in [1.54, 1.807) is 18.2 Å². The number of non-ortho nitro benzene ring substituents is 1. The van der Waals surface area contributed by atoms with Crippen molar-refractivity contribution < 1.29 is 4.92 Å². The zero-order valence-electron chi connectivity index (χ0n) is 13.7. The van der Waals surface area contributed by atoms with Crippen LogP contribution in [0.25, 0.3) is 33.5 Å². The summed E-state index contributed by atoms with van der Waals surface area (Å²) in [6.45, 7) is 0. The van der Waals surface area contributed by atoms with Gasteiger partial charge in [0.2, 0.25) is 0 Å². The van der Waals surface area contributed by atoms with E-state index in [-0.39, 0.29) is 5.69 Å². The summed E-state index contributed by atoms with van der Waals surface area (Å²) in [6, 6.07) is 21.5. The summed E-state index contributed by atoms with van der Waals surface area (Å²) in [5.41, 5.74) is 9.83. The molecular weight excluding hydrogens is 328 g/mol. The van der Waals surface area contributed by atoms with Crippen LogP contribution >= 0.6 is 0 Å². The molecule has 0 fully saturated rings. The largest absolute Gasteiger partial charge is 0.399 e. The molecule has 6 heteroatoms. The van der Waals surface area contributed by atoms with E-state index < -0.39 is 4.92 Å². The first-order valence-electron chi connectivity index (χ1n) is 7.99. The number of hydrogen-bond donors (Lipinski definition) is 1. The van der Waals surface area contributed by atoms with Crippen molar-refractivity contribution in [3.63, 3.8) is 0 Å². The van der Waals surface area contributed by atoms with Crippen LogP contribution < -0.4 is 5.73 Å². The number of nitro benzene ring substituents is 1. The third-order valence-electron chi connectivity index (χ3n) is 4.10. The summed E-state index contributed by atoms with van der Waals surface area (Å²) in [7, 11) is 0. The quantitative estimate of drug-likeness (QED) is 0.337. The van der Waals surface area contributed by atoms with Gasteiger partial charge in [-0.05, 0) is 30.3 Å². The highest BCUT2D eigenvalue weighted by Crippen LogP contribution is 2.30.